The van der Waals surface area contributed by atoms with E-state index in [0.29, 0.717) is 6.42 Å². The monoisotopic (exact) mass is 244 g/mol. The van der Waals surface area contributed by atoms with Crippen LogP contribution in [-0.4, -0.2) is 22.1 Å². The highest BCUT2D eigenvalue weighted by atomic mass is 16.4. The predicted octanol–water partition coefficient (Wildman–Crippen LogP) is 2.44. The molecule has 2 unspecified atom stereocenters. The summed E-state index contributed by atoms with van der Waals surface area (Å²) in [6.45, 7) is 0. The van der Waals surface area contributed by atoms with E-state index in [2.05, 4.69) is 16.4 Å². The molecule has 1 aromatic heterocycles. The van der Waals surface area contributed by atoms with E-state index < -0.39 is 12.0 Å². The van der Waals surface area contributed by atoms with Crippen LogP contribution in [0.25, 0.3) is 10.9 Å². The van der Waals surface area contributed by atoms with Gasteiger partial charge in [0.1, 0.15) is 6.04 Å². The smallest absolute Gasteiger partial charge is 0.320 e. The normalized spacial score (nSPS) is 24.2. The molecule has 2 heterocycles. The van der Waals surface area contributed by atoms with Gasteiger partial charge in [-0.3, -0.25) is 10.1 Å². The fourth-order valence-electron chi connectivity index (χ4n) is 2.76. The Morgan fingerprint density at radius 2 is 2.11 bits per heavy atom. The summed E-state index contributed by atoms with van der Waals surface area (Å²) in [7, 11) is 0. The van der Waals surface area contributed by atoms with Gasteiger partial charge in [0.05, 0.1) is 0 Å². The molecule has 1 aromatic carbocycles. The molecular formula is C14H16N2O2. The first-order chi connectivity index (χ1) is 8.75. The van der Waals surface area contributed by atoms with E-state index in [-0.39, 0.29) is 6.04 Å². The second-order valence-electron chi connectivity index (χ2n) is 4.83. The molecule has 4 nitrogen and oxygen atoms in total. The average Bonchev–Trinajstić information content (AvgIpc) is 2.82. The van der Waals surface area contributed by atoms with Gasteiger partial charge >= 0.3 is 5.97 Å². The van der Waals surface area contributed by atoms with Crippen LogP contribution in [0.2, 0.25) is 0 Å². The maximum absolute atomic E-state index is 11.1. The van der Waals surface area contributed by atoms with Crippen molar-refractivity contribution in [2.24, 2.45) is 0 Å². The Morgan fingerprint density at radius 1 is 1.28 bits per heavy atom. The van der Waals surface area contributed by atoms with E-state index in [1.165, 1.54) is 10.9 Å². The van der Waals surface area contributed by atoms with Crippen LogP contribution in [0.3, 0.4) is 0 Å². The zero-order chi connectivity index (χ0) is 12.5. The molecule has 2 atom stereocenters. The molecule has 1 fully saturated rings. The zero-order valence-electron chi connectivity index (χ0n) is 10.0. The minimum absolute atomic E-state index is 0.135. The largest absolute Gasteiger partial charge is 0.480 e. The Kier molecular flexibility index (Phi) is 2.80. The number of hydrogen-bond acceptors (Lipinski definition) is 2. The molecule has 0 aliphatic carbocycles. The van der Waals surface area contributed by atoms with Gasteiger partial charge in [-0.15, -0.1) is 0 Å². The minimum atomic E-state index is -0.750. The Balaban J connectivity index is 1.92. The number of carboxylic acid groups (broad SMARTS) is 1. The van der Waals surface area contributed by atoms with E-state index >= 15 is 0 Å². The summed E-state index contributed by atoms with van der Waals surface area (Å²) in [6, 6.07) is 7.84. The number of aromatic nitrogens is 1. The summed E-state index contributed by atoms with van der Waals surface area (Å²) in [5.74, 6) is -0.750. The standard InChI is InChI=1S/C14H16N2O2/c17-14(18)13-7-3-6-12(16-13)10-8-15-11-5-2-1-4-9(10)11/h1-2,4-5,8,12-13,15-16H,3,6-7H2,(H,17,18). The van der Waals surface area contributed by atoms with Gasteiger partial charge in [0.25, 0.3) is 0 Å². The number of fused-ring (bicyclic) bond motifs is 1. The molecule has 18 heavy (non-hydrogen) atoms. The number of rotatable bonds is 2. The highest BCUT2D eigenvalue weighted by Crippen LogP contribution is 2.30. The van der Waals surface area contributed by atoms with Gasteiger partial charge < -0.3 is 10.1 Å². The quantitative estimate of drug-likeness (QED) is 0.760. The van der Waals surface area contributed by atoms with E-state index in [0.717, 1.165) is 18.4 Å². The molecule has 2 aromatic rings. The van der Waals surface area contributed by atoms with Crippen LogP contribution in [0.4, 0.5) is 0 Å². The van der Waals surface area contributed by atoms with Crippen molar-refractivity contribution in [3.63, 3.8) is 0 Å². The third kappa shape index (κ3) is 1.88. The summed E-state index contributed by atoms with van der Waals surface area (Å²) in [5.41, 5.74) is 2.28. The first-order valence-electron chi connectivity index (χ1n) is 6.30. The molecule has 1 aliphatic heterocycles. The van der Waals surface area contributed by atoms with Crippen molar-refractivity contribution in [2.75, 3.05) is 0 Å². The molecule has 3 N–H and O–H groups in total. The third-order valence-electron chi connectivity index (χ3n) is 3.68. The highest BCUT2D eigenvalue weighted by Gasteiger charge is 2.27. The van der Waals surface area contributed by atoms with Gasteiger partial charge in [-0.25, -0.2) is 0 Å². The fourth-order valence-corrected chi connectivity index (χ4v) is 2.76. The third-order valence-corrected chi connectivity index (χ3v) is 3.68. The van der Waals surface area contributed by atoms with Gasteiger partial charge in [0.2, 0.25) is 0 Å². The molecule has 0 bridgehead atoms. The maximum atomic E-state index is 11.1. The lowest BCUT2D eigenvalue weighted by Crippen LogP contribution is -2.42. The second kappa shape index (κ2) is 4.46. The first kappa shape index (κ1) is 11.3. The summed E-state index contributed by atoms with van der Waals surface area (Å²) in [5, 5.41) is 13.5. The molecular weight excluding hydrogens is 228 g/mol. The maximum Gasteiger partial charge on any atom is 0.320 e. The van der Waals surface area contributed by atoms with Crippen molar-refractivity contribution in [1.29, 1.82) is 0 Å². The van der Waals surface area contributed by atoms with Gasteiger partial charge in [0.15, 0.2) is 0 Å². The van der Waals surface area contributed by atoms with Crippen LogP contribution in [-0.2, 0) is 4.79 Å². The minimum Gasteiger partial charge on any atom is -0.480 e. The number of benzene rings is 1. The predicted molar refractivity (Wildman–Crippen MR) is 69.5 cm³/mol. The topological polar surface area (TPSA) is 65.1 Å². The number of carboxylic acids is 1. The van der Waals surface area contributed by atoms with Gasteiger partial charge in [-0.2, -0.15) is 0 Å². The lowest BCUT2D eigenvalue weighted by Gasteiger charge is -2.28. The highest BCUT2D eigenvalue weighted by molar-refractivity contribution is 5.83. The Bertz CT molecular complexity index is 576. The van der Waals surface area contributed by atoms with E-state index in [1.54, 1.807) is 0 Å². The fraction of sp³-hybridized carbons (Fsp3) is 0.357. The Morgan fingerprint density at radius 3 is 2.94 bits per heavy atom. The lowest BCUT2D eigenvalue weighted by atomic mass is 9.93. The van der Waals surface area contributed by atoms with Crippen molar-refractivity contribution < 1.29 is 9.90 Å². The van der Waals surface area contributed by atoms with E-state index in [9.17, 15) is 4.79 Å². The van der Waals surface area contributed by atoms with Crippen molar-refractivity contribution in [2.45, 2.75) is 31.3 Å². The lowest BCUT2D eigenvalue weighted by molar-refractivity contribution is -0.140. The van der Waals surface area contributed by atoms with Gasteiger partial charge in [-0.05, 0) is 30.9 Å². The molecule has 3 rings (SSSR count). The zero-order valence-corrected chi connectivity index (χ0v) is 10.0. The molecule has 0 amide bonds. The van der Waals surface area contributed by atoms with Crippen LogP contribution >= 0.6 is 0 Å². The molecule has 4 heteroatoms. The average molecular weight is 244 g/mol. The van der Waals surface area contributed by atoms with Crippen molar-refractivity contribution in [3.05, 3.63) is 36.0 Å². The van der Waals surface area contributed by atoms with Crippen LogP contribution in [0, 0.1) is 0 Å². The SMILES string of the molecule is O=C(O)C1CCCC(c2c[nH]c3ccccc23)N1. The number of aromatic amines is 1. The van der Waals surface area contributed by atoms with E-state index in [4.69, 9.17) is 5.11 Å². The first-order valence-corrected chi connectivity index (χ1v) is 6.30. The summed E-state index contributed by atoms with van der Waals surface area (Å²) >= 11 is 0. The molecule has 1 aliphatic rings. The number of aliphatic carboxylic acids is 1. The molecule has 0 radical (unpaired) electrons. The number of carbonyl (C=O) groups is 1. The second-order valence-corrected chi connectivity index (χ2v) is 4.83. The van der Waals surface area contributed by atoms with Gasteiger partial charge in [-0.1, -0.05) is 18.2 Å². The summed E-state index contributed by atoms with van der Waals surface area (Å²) < 4.78 is 0. The van der Waals surface area contributed by atoms with Crippen LogP contribution in [0.5, 0.6) is 0 Å². The molecule has 0 spiro atoms. The summed E-state index contributed by atoms with van der Waals surface area (Å²) in [4.78, 5) is 14.3. The van der Waals surface area contributed by atoms with Gasteiger partial charge in [0, 0.05) is 23.1 Å². The van der Waals surface area contributed by atoms with Crippen molar-refractivity contribution in [1.82, 2.24) is 10.3 Å². The number of nitrogens with one attached hydrogen (secondary N) is 2. The van der Waals surface area contributed by atoms with Crippen LogP contribution < -0.4 is 5.32 Å². The number of para-hydroxylation sites is 1. The number of piperidine rings is 1. The Hall–Kier alpha value is -1.81. The van der Waals surface area contributed by atoms with E-state index in [1.807, 2.05) is 24.4 Å². The Labute approximate surface area is 105 Å². The summed E-state index contributed by atoms with van der Waals surface area (Å²) in [6.07, 6.45) is 4.65. The molecule has 0 saturated carbocycles. The number of H-pyrrole nitrogens is 1. The van der Waals surface area contributed by atoms with Crippen LogP contribution in [0.1, 0.15) is 30.9 Å². The van der Waals surface area contributed by atoms with Crippen molar-refractivity contribution >= 4 is 16.9 Å². The molecule has 1 saturated heterocycles. The van der Waals surface area contributed by atoms with Crippen LogP contribution in [0.15, 0.2) is 30.5 Å². The molecule has 94 valence electrons. The number of hydrogen-bond donors (Lipinski definition) is 3. The van der Waals surface area contributed by atoms with Crippen molar-refractivity contribution in [3.8, 4) is 0 Å².